The number of ether oxygens (including phenoxy) is 1. The SMILES string of the molecule is CC(C)(C)C(=O)OCON=[N+]([O-])N1CC[C@H]1C(=O)O. The molecule has 0 aromatic heterocycles. The third kappa shape index (κ3) is 3.97. The molecule has 1 aliphatic rings. The van der Waals surface area contributed by atoms with Crippen LogP contribution in [0.25, 0.3) is 0 Å². The van der Waals surface area contributed by atoms with Gasteiger partial charge in [-0.25, -0.2) is 4.79 Å². The van der Waals surface area contributed by atoms with Crippen LogP contribution in [-0.4, -0.2) is 46.4 Å². The molecule has 0 saturated carbocycles. The molecule has 0 bridgehead atoms. The van der Waals surface area contributed by atoms with E-state index in [1.807, 2.05) is 0 Å². The average Bonchev–Trinajstić information content (AvgIpc) is 2.20. The summed E-state index contributed by atoms with van der Waals surface area (Å²) in [5, 5.41) is 24.1. The highest BCUT2D eigenvalue weighted by Gasteiger charge is 2.41. The number of carbonyl (C=O) groups excluding carboxylic acids is 1. The maximum absolute atomic E-state index is 11.3. The van der Waals surface area contributed by atoms with Crippen molar-refractivity contribution in [2.75, 3.05) is 13.3 Å². The van der Waals surface area contributed by atoms with E-state index < -0.39 is 30.2 Å². The van der Waals surface area contributed by atoms with E-state index in [0.29, 0.717) is 6.42 Å². The summed E-state index contributed by atoms with van der Waals surface area (Å²) >= 11 is 0. The van der Waals surface area contributed by atoms with Crippen molar-refractivity contribution in [3.05, 3.63) is 5.21 Å². The minimum Gasteiger partial charge on any atom is -0.569 e. The molecule has 1 N–H and O–H groups in total. The number of carboxylic acids is 1. The average molecular weight is 275 g/mol. The molecule has 1 atom stereocenters. The van der Waals surface area contributed by atoms with Gasteiger partial charge in [-0.1, -0.05) is 0 Å². The maximum Gasteiger partial charge on any atom is 0.332 e. The van der Waals surface area contributed by atoms with E-state index >= 15 is 0 Å². The Morgan fingerprint density at radius 3 is 2.58 bits per heavy atom. The summed E-state index contributed by atoms with van der Waals surface area (Å²) in [5.41, 5.74) is -0.674. The minimum atomic E-state index is -1.10. The van der Waals surface area contributed by atoms with Gasteiger partial charge >= 0.3 is 11.9 Å². The number of rotatable bonds is 5. The van der Waals surface area contributed by atoms with Crippen molar-refractivity contribution in [3.8, 4) is 0 Å². The number of hydrogen-bond donors (Lipinski definition) is 1. The van der Waals surface area contributed by atoms with Crippen LogP contribution in [0.4, 0.5) is 0 Å². The topological polar surface area (TPSA) is 114 Å². The van der Waals surface area contributed by atoms with Crippen LogP contribution < -0.4 is 0 Å². The number of carboxylic acid groups (broad SMARTS) is 1. The molecule has 1 rings (SSSR count). The van der Waals surface area contributed by atoms with Crippen LogP contribution in [-0.2, 0) is 19.2 Å². The lowest BCUT2D eigenvalue weighted by molar-refractivity contribution is -0.729. The fraction of sp³-hybridized carbons (Fsp3) is 0.800. The molecule has 0 aromatic carbocycles. The second-order valence-corrected chi connectivity index (χ2v) is 5.07. The first kappa shape index (κ1) is 15.0. The Balaban J connectivity index is 2.33. The van der Waals surface area contributed by atoms with Gasteiger partial charge in [-0.3, -0.25) is 4.79 Å². The molecule has 9 heteroatoms. The van der Waals surface area contributed by atoms with Gasteiger partial charge < -0.3 is 19.9 Å². The van der Waals surface area contributed by atoms with Gasteiger partial charge in [0, 0.05) is 6.42 Å². The van der Waals surface area contributed by atoms with Gasteiger partial charge in [-0.05, 0) is 20.8 Å². The zero-order valence-corrected chi connectivity index (χ0v) is 11.0. The van der Waals surface area contributed by atoms with E-state index in [1.54, 1.807) is 20.8 Å². The molecule has 9 nitrogen and oxygen atoms in total. The van der Waals surface area contributed by atoms with Crippen molar-refractivity contribution < 1.29 is 29.2 Å². The van der Waals surface area contributed by atoms with Crippen LogP contribution in [0.5, 0.6) is 0 Å². The normalized spacial score (nSPS) is 19.6. The third-order valence-electron chi connectivity index (χ3n) is 2.48. The molecule has 1 heterocycles. The Morgan fingerprint density at radius 1 is 1.53 bits per heavy atom. The van der Waals surface area contributed by atoms with E-state index in [4.69, 9.17) is 9.84 Å². The summed E-state index contributed by atoms with van der Waals surface area (Å²) in [5.74, 6) is -1.59. The zero-order valence-electron chi connectivity index (χ0n) is 11.0. The van der Waals surface area contributed by atoms with Crippen LogP contribution in [0.3, 0.4) is 0 Å². The van der Waals surface area contributed by atoms with Crippen LogP contribution in [0.2, 0.25) is 0 Å². The van der Waals surface area contributed by atoms with Gasteiger partial charge in [-0.15, -0.1) is 5.01 Å². The summed E-state index contributed by atoms with van der Waals surface area (Å²) in [6.07, 6.45) is 0.378. The van der Waals surface area contributed by atoms with E-state index in [1.165, 1.54) is 0 Å². The standard InChI is InChI=1S/C10H17N3O6/c1-10(2,3)9(16)18-6-19-11-13(17)12-5-4-7(12)8(14)15/h7H,4-6H2,1-3H3,(H,14,15)/t7-/m0/s1. The number of esters is 1. The first-order valence-electron chi connectivity index (χ1n) is 5.70. The molecule has 0 aliphatic carbocycles. The molecule has 1 saturated heterocycles. The van der Waals surface area contributed by atoms with Gasteiger partial charge in [0.05, 0.1) is 16.9 Å². The summed E-state index contributed by atoms with van der Waals surface area (Å²) in [7, 11) is 0. The molecule has 1 aliphatic heterocycles. The van der Waals surface area contributed by atoms with Gasteiger partial charge in [0.2, 0.25) is 5.28 Å². The summed E-state index contributed by atoms with van der Waals surface area (Å²) < 4.78 is 4.71. The van der Waals surface area contributed by atoms with E-state index in [9.17, 15) is 14.8 Å². The molecule has 0 unspecified atom stereocenters. The fourth-order valence-electron chi connectivity index (χ4n) is 1.25. The quantitative estimate of drug-likeness (QED) is 0.194. The molecule has 0 aromatic rings. The highest BCUT2D eigenvalue weighted by atomic mass is 16.8. The lowest BCUT2D eigenvalue weighted by Crippen LogP contribution is -2.55. The first-order chi connectivity index (χ1) is 8.73. The molecule has 0 radical (unpaired) electrons. The van der Waals surface area contributed by atoms with Crippen LogP contribution in [0.15, 0.2) is 5.28 Å². The molecule has 108 valence electrons. The maximum atomic E-state index is 11.3. The van der Waals surface area contributed by atoms with Crippen LogP contribution in [0, 0.1) is 10.6 Å². The largest absolute Gasteiger partial charge is 0.569 e. The fourth-order valence-corrected chi connectivity index (χ4v) is 1.25. The highest BCUT2D eigenvalue weighted by molar-refractivity contribution is 5.75. The van der Waals surface area contributed by atoms with E-state index in [0.717, 1.165) is 5.01 Å². The Labute approximate surface area is 109 Å². The van der Waals surface area contributed by atoms with E-state index in [2.05, 4.69) is 10.1 Å². The highest BCUT2D eigenvalue weighted by Crippen LogP contribution is 2.17. The van der Waals surface area contributed by atoms with Crippen molar-refractivity contribution in [2.45, 2.75) is 33.2 Å². The number of carbonyl (C=O) groups is 2. The van der Waals surface area contributed by atoms with Crippen molar-refractivity contribution in [2.24, 2.45) is 10.7 Å². The Morgan fingerprint density at radius 2 is 2.16 bits per heavy atom. The van der Waals surface area contributed by atoms with Crippen LogP contribution >= 0.6 is 0 Å². The Bertz CT molecular complexity index is 389. The monoisotopic (exact) mass is 275 g/mol. The van der Waals surface area contributed by atoms with Gasteiger partial charge in [0.25, 0.3) is 6.79 Å². The number of hydrazine groups is 1. The van der Waals surface area contributed by atoms with Gasteiger partial charge in [0.15, 0.2) is 6.04 Å². The number of nitrogens with zero attached hydrogens (tertiary/aromatic N) is 3. The third-order valence-corrected chi connectivity index (χ3v) is 2.48. The first-order valence-corrected chi connectivity index (χ1v) is 5.70. The summed E-state index contributed by atoms with van der Waals surface area (Å²) in [6.45, 7) is 4.80. The molecule has 0 amide bonds. The second-order valence-electron chi connectivity index (χ2n) is 5.07. The van der Waals surface area contributed by atoms with Crippen molar-refractivity contribution >= 4 is 11.9 Å². The van der Waals surface area contributed by atoms with Crippen molar-refractivity contribution in [3.63, 3.8) is 0 Å². The Hall–Kier alpha value is -2.06. The van der Waals surface area contributed by atoms with E-state index in [-0.39, 0.29) is 11.5 Å². The number of aliphatic carboxylic acids is 1. The van der Waals surface area contributed by atoms with Crippen molar-refractivity contribution in [1.29, 1.82) is 0 Å². The second kappa shape index (κ2) is 5.72. The predicted molar refractivity (Wildman–Crippen MR) is 60.3 cm³/mol. The lowest BCUT2D eigenvalue weighted by atomic mass is 9.98. The molecule has 0 spiro atoms. The van der Waals surface area contributed by atoms with Crippen molar-refractivity contribution in [1.82, 2.24) is 5.01 Å². The zero-order chi connectivity index (χ0) is 14.6. The number of hydrogen-bond acceptors (Lipinski definition) is 6. The van der Waals surface area contributed by atoms with Gasteiger partial charge in [0.1, 0.15) is 0 Å². The smallest absolute Gasteiger partial charge is 0.332 e. The predicted octanol–water partition coefficient (Wildman–Crippen LogP) is 0.501. The summed E-state index contributed by atoms with van der Waals surface area (Å²) in [6, 6.07) is -0.887. The summed E-state index contributed by atoms with van der Waals surface area (Å²) in [4.78, 5) is 26.6. The molecular weight excluding hydrogens is 258 g/mol. The molecule has 1 fully saturated rings. The lowest BCUT2D eigenvalue weighted by Gasteiger charge is -2.31. The molecular formula is C10H17N3O6. The van der Waals surface area contributed by atoms with Crippen LogP contribution in [0.1, 0.15) is 27.2 Å². The minimum absolute atomic E-state index is 0.0488. The van der Waals surface area contributed by atoms with Gasteiger partial charge in [-0.2, -0.15) is 0 Å². The Kier molecular flexibility index (Phi) is 4.52. The molecule has 19 heavy (non-hydrogen) atoms.